The minimum absolute atomic E-state index is 0.00761. The summed E-state index contributed by atoms with van der Waals surface area (Å²) in [5.41, 5.74) is 4.16. The molecule has 1 aromatic heterocycles. The molecule has 1 N–H and O–H groups in total. The Bertz CT molecular complexity index is 1020. The molecule has 3 aromatic rings. The molecule has 1 aliphatic rings. The number of amides is 1. The summed E-state index contributed by atoms with van der Waals surface area (Å²) in [7, 11) is 3.72. The highest BCUT2D eigenvalue weighted by Crippen LogP contribution is 2.26. The third kappa shape index (κ3) is 4.28. The van der Waals surface area contributed by atoms with Crippen molar-refractivity contribution >= 4 is 22.5 Å². The van der Waals surface area contributed by atoms with Crippen molar-refractivity contribution in [2.24, 2.45) is 7.05 Å². The van der Waals surface area contributed by atoms with Crippen molar-refractivity contribution in [1.82, 2.24) is 9.88 Å². The first-order chi connectivity index (χ1) is 14.5. The first kappa shape index (κ1) is 20.3. The molecule has 30 heavy (non-hydrogen) atoms. The number of nitrogens with one attached hydrogen (secondary N) is 1. The number of benzene rings is 2. The highest BCUT2D eigenvalue weighted by atomic mass is 16.5. The lowest BCUT2D eigenvalue weighted by molar-refractivity contribution is 0.0940. The van der Waals surface area contributed by atoms with Gasteiger partial charge in [0.25, 0.3) is 5.91 Å². The molecule has 1 fully saturated rings. The van der Waals surface area contributed by atoms with Gasteiger partial charge in [0, 0.05) is 54.5 Å². The van der Waals surface area contributed by atoms with Gasteiger partial charge in [-0.15, -0.1) is 0 Å². The Balaban J connectivity index is 1.42. The van der Waals surface area contributed by atoms with Gasteiger partial charge in [-0.2, -0.15) is 0 Å². The monoisotopic (exact) mass is 407 g/mol. The summed E-state index contributed by atoms with van der Waals surface area (Å²) in [4.78, 5) is 15.0. The fourth-order valence-corrected chi connectivity index (χ4v) is 4.08. The van der Waals surface area contributed by atoms with E-state index in [9.17, 15) is 4.79 Å². The van der Waals surface area contributed by atoms with E-state index in [4.69, 9.17) is 9.47 Å². The van der Waals surface area contributed by atoms with Crippen molar-refractivity contribution in [2.45, 2.75) is 19.4 Å². The summed E-state index contributed by atoms with van der Waals surface area (Å²) >= 11 is 0. The van der Waals surface area contributed by atoms with Crippen LogP contribution in [0.3, 0.4) is 0 Å². The summed E-state index contributed by atoms with van der Waals surface area (Å²) in [5.74, 6) is 0.792. The van der Waals surface area contributed by atoms with Crippen LogP contribution in [0, 0.1) is 0 Å². The zero-order valence-corrected chi connectivity index (χ0v) is 17.9. The molecule has 1 atom stereocenters. The quantitative estimate of drug-likeness (QED) is 0.681. The number of ether oxygens (including phenoxy) is 2. The van der Waals surface area contributed by atoms with E-state index in [1.807, 2.05) is 44.3 Å². The Kier molecular flexibility index (Phi) is 5.95. The van der Waals surface area contributed by atoms with E-state index in [-0.39, 0.29) is 11.9 Å². The van der Waals surface area contributed by atoms with E-state index < -0.39 is 0 Å². The van der Waals surface area contributed by atoms with Crippen LogP contribution < -0.4 is 15.0 Å². The molecule has 158 valence electrons. The van der Waals surface area contributed by atoms with Crippen LogP contribution in [-0.4, -0.2) is 49.9 Å². The minimum Gasteiger partial charge on any atom is -0.497 e. The topological polar surface area (TPSA) is 55.7 Å². The first-order valence-electron chi connectivity index (χ1n) is 10.4. The third-order valence-corrected chi connectivity index (χ3v) is 5.69. The van der Waals surface area contributed by atoms with E-state index in [2.05, 4.69) is 33.1 Å². The maximum absolute atomic E-state index is 12.7. The Hall–Kier alpha value is -2.99. The van der Waals surface area contributed by atoms with Crippen molar-refractivity contribution in [3.63, 3.8) is 0 Å². The standard InChI is InChI=1S/C24H29N3O3/c1-17(14-19-16-26(2)23-9-8-21(29-3)15-22(19)23)25-24(28)18-4-6-20(7-5-18)27-10-12-30-13-11-27/h4-9,15-17H,10-14H2,1-3H3,(H,25,28)/t17-/m0/s1. The average molecular weight is 408 g/mol. The molecule has 6 heteroatoms. The van der Waals surface area contributed by atoms with Gasteiger partial charge in [-0.3, -0.25) is 4.79 Å². The van der Waals surface area contributed by atoms with Crippen LogP contribution in [0.25, 0.3) is 10.9 Å². The fourth-order valence-electron chi connectivity index (χ4n) is 4.08. The van der Waals surface area contributed by atoms with Crippen molar-refractivity contribution in [3.05, 3.63) is 59.8 Å². The Morgan fingerprint density at radius 3 is 2.60 bits per heavy atom. The van der Waals surface area contributed by atoms with Crippen LogP contribution in [0.4, 0.5) is 5.69 Å². The van der Waals surface area contributed by atoms with Gasteiger partial charge in [0.2, 0.25) is 0 Å². The number of nitrogens with zero attached hydrogens (tertiary/aromatic N) is 2. The molecule has 0 spiro atoms. The maximum atomic E-state index is 12.7. The van der Waals surface area contributed by atoms with E-state index in [1.54, 1.807) is 7.11 Å². The maximum Gasteiger partial charge on any atom is 0.251 e. The molecule has 0 unspecified atom stereocenters. The average Bonchev–Trinajstić information content (AvgIpc) is 3.08. The molecule has 6 nitrogen and oxygen atoms in total. The van der Waals surface area contributed by atoms with Crippen LogP contribution in [0.2, 0.25) is 0 Å². The van der Waals surface area contributed by atoms with E-state index in [1.165, 1.54) is 5.56 Å². The summed E-state index contributed by atoms with van der Waals surface area (Å²) in [6, 6.07) is 13.9. The predicted molar refractivity (Wildman–Crippen MR) is 120 cm³/mol. The molecular formula is C24H29N3O3. The van der Waals surface area contributed by atoms with Crippen molar-refractivity contribution in [1.29, 1.82) is 0 Å². The summed E-state index contributed by atoms with van der Waals surface area (Å²) in [6.45, 7) is 5.31. The lowest BCUT2D eigenvalue weighted by Crippen LogP contribution is -2.36. The number of fused-ring (bicyclic) bond motifs is 1. The minimum atomic E-state index is -0.0474. The van der Waals surface area contributed by atoms with Crippen LogP contribution in [0.15, 0.2) is 48.7 Å². The number of carbonyl (C=O) groups excluding carboxylic acids is 1. The van der Waals surface area contributed by atoms with Gasteiger partial charge in [0.05, 0.1) is 20.3 Å². The number of morpholine rings is 1. The zero-order chi connectivity index (χ0) is 21.1. The number of carbonyl (C=O) groups is 1. The van der Waals surface area contributed by atoms with Crippen LogP contribution in [0.1, 0.15) is 22.8 Å². The van der Waals surface area contributed by atoms with Gasteiger partial charge >= 0.3 is 0 Å². The van der Waals surface area contributed by atoms with Gasteiger partial charge in [-0.1, -0.05) is 0 Å². The molecular weight excluding hydrogens is 378 g/mol. The number of anilines is 1. The summed E-state index contributed by atoms with van der Waals surface area (Å²) in [5, 5.41) is 4.29. The molecule has 1 aliphatic heterocycles. The van der Waals surface area contributed by atoms with E-state index in [0.29, 0.717) is 5.56 Å². The van der Waals surface area contributed by atoms with E-state index >= 15 is 0 Å². The largest absolute Gasteiger partial charge is 0.497 e. The fraction of sp³-hybridized carbons (Fsp3) is 0.375. The molecule has 2 aromatic carbocycles. The lowest BCUT2D eigenvalue weighted by Gasteiger charge is -2.28. The van der Waals surface area contributed by atoms with Crippen molar-refractivity contribution < 1.29 is 14.3 Å². The smallest absolute Gasteiger partial charge is 0.251 e. The molecule has 1 amide bonds. The Morgan fingerprint density at radius 1 is 1.17 bits per heavy atom. The van der Waals surface area contributed by atoms with Crippen LogP contribution in [0.5, 0.6) is 5.75 Å². The first-order valence-corrected chi connectivity index (χ1v) is 10.4. The lowest BCUT2D eigenvalue weighted by atomic mass is 10.1. The van der Waals surface area contributed by atoms with Gasteiger partial charge in [0.15, 0.2) is 0 Å². The molecule has 0 saturated carbocycles. The van der Waals surface area contributed by atoms with Crippen LogP contribution >= 0.6 is 0 Å². The van der Waals surface area contributed by atoms with Gasteiger partial charge in [-0.25, -0.2) is 0 Å². The molecule has 4 rings (SSSR count). The highest BCUT2D eigenvalue weighted by Gasteiger charge is 2.16. The SMILES string of the molecule is COc1ccc2c(c1)c(C[C@H](C)NC(=O)c1ccc(N3CCOCC3)cc1)cn2C. The normalized spacial score (nSPS) is 15.2. The van der Waals surface area contributed by atoms with Crippen LogP contribution in [-0.2, 0) is 18.2 Å². The molecule has 2 heterocycles. The van der Waals surface area contributed by atoms with Crippen molar-refractivity contribution in [3.8, 4) is 5.75 Å². The number of aromatic nitrogens is 1. The predicted octanol–water partition coefficient (Wildman–Crippen LogP) is 3.38. The zero-order valence-electron chi connectivity index (χ0n) is 17.9. The molecule has 0 bridgehead atoms. The highest BCUT2D eigenvalue weighted by molar-refractivity contribution is 5.94. The number of hydrogen-bond acceptors (Lipinski definition) is 4. The second kappa shape index (κ2) is 8.79. The Morgan fingerprint density at radius 2 is 1.90 bits per heavy atom. The number of aryl methyl sites for hydroxylation is 1. The number of methoxy groups -OCH3 is 1. The third-order valence-electron chi connectivity index (χ3n) is 5.69. The summed E-state index contributed by atoms with van der Waals surface area (Å²) < 4.78 is 12.9. The second-order valence-corrected chi connectivity index (χ2v) is 7.87. The van der Waals surface area contributed by atoms with Crippen molar-refractivity contribution in [2.75, 3.05) is 38.3 Å². The van der Waals surface area contributed by atoms with Gasteiger partial charge in [-0.05, 0) is 61.4 Å². The molecule has 0 radical (unpaired) electrons. The van der Waals surface area contributed by atoms with Gasteiger partial charge in [0.1, 0.15) is 5.75 Å². The summed E-state index contributed by atoms with van der Waals surface area (Å²) in [6.07, 6.45) is 2.88. The molecule has 0 aliphatic carbocycles. The number of hydrogen-bond donors (Lipinski definition) is 1. The second-order valence-electron chi connectivity index (χ2n) is 7.87. The van der Waals surface area contributed by atoms with E-state index in [0.717, 1.165) is 55.1 Å². The molecule has 1 saturated heterocycles. The van der Waals surface area contributed by atoms with Gasteiger partial charge < -0.3 is 24.3 Å². The Labute approximate surface area is 177 Å². The number of rotatable bonds is 6.